The highest BCUT2D eigenvalue weighted by molar-refractivity contribution is 5.75. The summed E-state index contributed by atoms with van der Waals surface area (Å²) in [7, 11) is 0. The number of halogens is 3. The molecular formula is C15H20F3N3O. The van der Waals surface area contributed by atoms with Crippen molar-refractivity contribution in [2.24, 2.45) is 17.8 Å². The first-order valence-electron chi connectivity index (χ1n) is 7.73. The van der Waals surface area contributed by atoms with E-state index in [2.05, 4.69) is 10.4 Å². The van der Waals surface area contributed by atoms with Crippen LogP contribution < -0.4 is 5.32 Å². The number of hydrogen-bond donors (Lipinski definition) is 1. The fourth-order valence-electron chi connectivity index (χ4n) is 4.06. The van der Waals surface area contributed by atoms with Gasteiger partial charge in [0.25, 0.3) is 0 Å². The van der Waals surface area contributed by atoms with Gasteiger partial charge < -0.3 is 5.32 Å². The van der Waals surface area contributed by atoms with Gasteiger partial charge >= 0.3 is 6.18 Å². The first-order chi connectivity index (χ1) is 10.3. The van der Waals surface area contributed by atoms with E-state index in [0.29, 0.717) is 11.8 Å². The molecule has 0 radical (unpaired) electrons. The van der Waals surface area contributed by atoms with Gasteiger partial charge in [0.1, 0.15) is 6.54 Å². The quantitative estimate of drug-likeness (QED) is 0.929. The van der Waals surface area contributed by atoms with Crippen LogP contribution in [0.5, 0.6) is 0 Å². The van der Waals surface area contributed by atoms with Crippen LogP contribution in [0.4, 0.5) is 13.2 Å². The monoisotopic (exact) mass is 315 g/mol. The number of nitrogens with zero attached hydrogens (tertiary/aromatic N) is 2. The van der Waals surface area contributed by atoms with Crippen LogP contribution in [-0.2, 0) is 17.5 Å². The molecule has 1 aromatic rings. The Balaban J connectivity index is 1.53. The van der Waals surface area contributed by atoms with Gasteiger partial charge in [-0.15, -0.1) is 0 Å². The van der Waals surface area contributed by atoms with Crippen molar-refractivity contribution >= 4 is 5.91 Å². The number of nitrogens with one attached hydrogen (secondary N) is 1. The molecule has 0 aromatic carbocycles. The third-order valence-electron chi connectivity index (χ3n) is 5.06. The van der Waals surface area contributed by atoms with Crippen molar-refractivity contribution in [2.45, 2.75) is 51.4 Å². The lowest BCUT2D eigenvalue weighted by Crippen LogP contribution is -2.41. The number of amides is 1. The van der Waals surface area contributed by atoms with E-state index in [1.807, 2.05) is 6.92 Å². The molecule has 1 aromatic heterocycles. The summed E-state index contributed by atoms with van der Waals surface area (Å²) in [5.74, 6) is 1.72. The number of rotatable bonds is 4. The predicted octanol–water partition coefficient (Wildman–Crippen LogP) is 2.84. The second-order valence-electron chi connectivity index (χ2n) is 6.59. The third kappa shape index (κ3) is 3.13. The summed E-state index contributed by atoms with van der Waals surface area (Å²) < 4.78 is 38.4. The fourth-order valence-corrected chi connectivity index (χ4v) is 4.06. The van der Waals surface area contributed by atoms with Gasteiger partial charge in [0.2, 0.25) is 5.91 Å². The molecule has 1 amide bonds. The number of hydrogen-bond acceptors (Lipinski definition) is 2. The molecule has 0 spiro atoms. The minimum atomic E-state index is -4.47. The number of carbonyl (C=O) groups is 1. The topological polar surface area (TPSA) is 46.9 Å². The molecule has 2 bridgehead atoms. The van der Waals surface area contributed by atoms with Crippen molar-refractivity contribution in [1.82, 2.24) is 15.1 Å². The highest BCUT2D eigenvalue weighted by Gasteiger charge is 2.42. The number of carbonyl (C=O) groups excluding carboxylic acids is 1. The normalized spacial score (nSPS) is 28.8. The lowest BCUT2D eigenvalue weighted by Gasteiger charge is -2.28. The van der Waals surface area contributed by atoms with E-state index < -0.39 is 11.9 Å². The lowest BCUT2D eigenvalue weighted by molar-refractivity contribution is -0.141. The average molecular weight is 315 g/mol. The van der Waals surface area contributed by atoms with Crippen LogP contribution >= 0.6 is 0 Å². The molecule has 2 aliphatic carbocycles. The number of aromatic nitrogens is 2. The van der Waals surface area contributed by atoms with Crippen LogP contribution in [0.2, 0.25) is 0 Å². The standard InChI is InChI=1S/C15H20F3N3O/c1-9(12-7-10-2-3-11(12)6-10)19-14(22)8-21-5-4-13(20-21)15(16,17)18/h4-5,9-12H,2-3,6-8H2,1H3,(H,19,22)/t9-,10-,11-,12+/m0/s1. The molecule has 4 atom stereocenters. The molecule has 22 heavy (non-hydrogen) atoms. The van der Waals surface area contributed by atoms with Crippen molar-refractivity contribution in [3.8, 4) is 0 Å². The van der Waals surface area contributed by atoms with Gasteiger partial charge in [0.15, 0.2) is 5.69 Å². The molecule has 122 valence electrons. The van der Waals surface area contributed by atoms with Crippen LogP contribution in [0.15, 0.2) is 12.3 Å². The SMILES string of the molecule is C[C@H](NC(=O)Cn1ccc(C(F)(F)F)n1)[C@H]1C[C@H]2CC[C@H]1C2. The molecule has 0 aliphatic heterocycles. The Morgan fingerprint density at radius 1 is 1.45 bits per heavy atom. The van der Waals surface area contributed by atoms with E-state index >= 15 is 0 Å². The fraction of sp³-hybridized carbons (Fsp3) is 0.733. The summed E-state index contributed by atoms with van der Waals surface area (Å²) in [6.45, 7) is 1.81. The van der Waals surface area contributed by atoms with Gasteiger partial charge in [-0.05, 0) is 50.0 Å². The Kier molecular flexibility index (Phi) is 3.91. The van der Waals surface area contributed by atoms with E-state index in [1.54, 1.807) is 0 Å². The molecular weight excluding hydrogens is 295 g/mol. The number of alkyl halides is 3. The first kappa shape index (κ1) is 15.4. The summed E-state index contributed by atoms with van der Waals surface area (Å²) >= 11 is 0. The zero-order valence-corrected chi connectivity index (χ0v) is 12.4. The Hall–Kier alpha value is -1.53. The average Bonchev–Trinajstić information content (AvgIpc) is 3.12. The first-order valence-corrected chi connectivity index (χ1v) is 7.73. The molecule has 1 heterocycles. The van der Waals surface area contributed by atoms with Crippen molar-refractivity contribution in [3.63, 3.8) is 0 Å². The van der Waals surface area contributed by atoms with Gasteiger partial charge in [-0.25, -0.2) is 0 Å². The molecule has 0 saturated heterocycles. The third-order valence-corrected chi connectivity index (χ3v) is 5.06. The van der Waals surface area contributed by atoms with Gasteiger partial charge in [0.05, 0.1) is 0 Å². The summed E-state index contributed by atoms with van der Waals surface area (Å²) in [4.78, 5) is 12.0. The predicted molar refractivity (Wildman–Crippen MR) is 73.8 cm³/mol. The number of fused-ring (bicyclic) bond motifs is 2. The van der Waals surface area contributed by atoms with Crippen molar-refractivity contribution in [2.75, 3.05) is 0 Å². The van der Waals surface area contributed by atoms with Gasteiger partial charge in [-0.1, -0.05) is 6.42 Å². The van der Waals surface area contributed by atoms with Crippen LogP contribution in [0.3, 0.4) is 0 Å². The Morgan fingerprint density at radius 2 is 2.23 bits per heavy atom. The molecule has 4 nitrogen and oxygen atoms in total. The minimum Gasteiger partial charge on any atom is -0.352 e. The van der Waals surface area contributed by atoms with Gasteiger partial charge in [0, 0.05) is 12.2 Å². The Morgan fingerprint density at radius 3 is 2.77 bits per heavy atom. The van der Waals surface area contributed by atoms with Crippen molar-refractivity contribution in [1.29, 1.82) is 0 Å². The highest BCUT2D eigenvalue weighted by atomic mass is 19.4. The van der Waals surface area contributed by atoms with E-state index in [-0.39, 0.29) is 18.5 Å². The summed E-state index contributed by atoms with van der Waals surface area (Å²) in [5.41, 5.74) is -0.971. The van der Waals surface area contributed by atoms with E-state index in [0.717, 1.165) is 23.1 Å². The molecule has 0 unspecified atom stereocenters. The molecule has 3 rings (SSSR count). The second kappa shape index (κ2) is 5.59. The van der Waals surface area contributed by atoms with Crippen LogP contribution in [0.1, 0.15) is 38.3 Å². The zero-order chi connectivity index (χ0) is 15.9. The summed E-state index contributed by atoms with van der Waals surface area (Å²) in [5, 5.41) is 6.32. The van der Waals surface area contributed by atoms with Gasteiger partial charge in [-0.2, -0.15) is 18.3 Å². The van der Waals surface area contributed by atoms with Crippen molar-refractivity contribution in [3.05, 3.63) is 18.0 Å². The molecule has 1 N–H and O–H groups in total. The Labute approximate surface area is 127 Å². The van der Waals surface area contributed by atoms with Crippen LogP contribution in [-0.4, -0.2) is 21.7 Å². The molecule has 7 heteroatoms. The maximum atomic E-state index is 12.5. The maximum Gasteiger partial charge on any atom is 0.435 e. The van der Waals surface area contributed by atoms with Crippen LogP contribution in [0.25, 0.3) is 0 Å². The molecule has 2 fully saturated rings. The second-order valence-corrected chi connectivity index (χ2v) is 6.59. The molecule has 2 saturated carbocycles. The summed E-state index contributed by atoms with van der Waals surface area (Å²) in [6, 6.07) is 0.951. The van der Waals surface area contributed by atoms with Crippen LogP contribution in [0, 0.1) is 17.8 Å². The zero-order valence-electron chi connectivity index (χ0n) is 12.4. The molecule has 2 aliphatic rings. The van der Waals surface area contributed by atoms with Gasteiger partial charge in [-0.3, -0.25) is 9.48 Å². The van der Waals surface area contributed by atoms with Crippen molar-refractivity contribution < 1.29 is 18.0 Å². The highest BCUT2D eigenvalue weighted by Crippen LogP contribution is 2.49. The Bertz CT molecular complexity index is 554. The smallest absolute Gasteiger partial charge is 0.352 e. The lowest BCUT2D eigenvalue weighted by atomic mass is 9.84. The van der Waals surface area contributed by atoms with E-state index in [4.69, 9.17) is 0 Å². The van der Waals surface area contributed by atoms with E-state index in [1.165, 1.54) is 25.5 Å². The minimum absolute atomic E-state index is 0.0699. The largest absolute Gasteiger partial charge is 0.435 e. The summed E-state index contributed by atoms with van der Waals surface area (Å²) in [6.07, 6.45) is 1.67. The van der Waals surface area contributed by atoms with E-state index in [9.17, 15) is 18.0 Å². The maximum absolute atomic E-state index is 12.5.